The minimum atomic E-state index is -4.40. The van der Waals surface area contributed by atoms with E-state index in [9.17, 15) is 27.9 Å². The molecule has 1 unspecified atom stereocenters. The molecule has 1 amide bonds. The Balaban J connectivity index is 0.000000145. The van der Waals surface area contributed by atoms with Gasteiger partial charge in [-0.25, -0.2) is 0 Å². The fourth-order valence-electron chi connectivity index (χ4n) is 11.6. The maximum atomic E-state index is 12.7. The summed E-state index contributed by atoms with van der Waals surface area (Å²) in [4.78, 5) is 24.5. The number of nitrogens with zero attached hydrogens (tertiary/aromatic N) is 1. The van der Waals surface area contributed by atoms with E-state index in [4.69, 9.17) is 32.9 Å². The number of hydrogen-bond donors (Lipinski definition) is 3. The molecule has 374 valence electrons. The summed E-state index contributed by atoms with van der Waals surface area (Å²) in [5.74, 6) is 4.06. The van der Waals surface area contributed by atoms with Gasteiger partial charge in [-0.1, -0.05) is 75.8 Å². The average molecular weight is 962 g/mol. The Hall–Kier alpha value is -5.48. The van der Waals surface area contributed by atoms with E-state index in [2.05, 4.69) is 15.8 Å². The van der Waals surface area contributed by atoms with E-state index in [1.165, 1.54) is 96.2 Å². The van der Waals surface area contributed by atoms with Crippen LogP contribution in [-0.2, 0) is 15.7 Å². The van der Waals surface area contributed by atoms with Crippen molar-refractivity contribution in [3.05, 3.63) is 88.3 Å². The molecule has 3 aromatic carbocycles. The first-order chi connectivity index (χ1) is 33.4. The third kappa shape index (κ3) is 11.4. The largest absolute Gasteiger partial charge is 0.493 e. The van der Waals surface area contributed by atoms with E-state index in [-0.39, 0.29) is 42.5 Å². The molecule has 16 heteroatoms. The van der Waals surface area contributed by atoms with Gasteiger partial charge in [0.25, 0.3) is 5.91 Å². The summed E-state index contributed by atoms with van der Waals surface area (Å²) in [5, 5.41) is 20.8. The van der Waals surface area contributed by atoms with Crippen LogP contribution in [0, 0.1) is 36.5 Å². The summed E-state index contributed by atoms with van der Waals surface area (Å²) in [6.45, 7) is 3.14. The zero-order chi connectivity index (χ0) is 48.7. The van der Waals surface area contributed by atoms with E-state index in [0.717, 1.165) is 47.1 Å². The number of methoxy groups -OCH3 is 3. The molecule has 13 nitrogen and oxygen atoms in total. The molecular formula is C53H66F3N3O10. The Morgan fingerprint density at radius 1 is 0.826 bits per heavy atom. The quantitative estimate of drug-likeness (QED) is 0.129. The number of aryl methyl sites for hydroxylation is 1. The van der Waals surface area contributed by atoms with Gasteiger partial charge in [-0.3, -0.25) is 9.59 Å². The summed E-state index contributed by atoms with van der Waals surface area (Å²) in [6, 6.07) is 12.3. The lowest BCUT2D eigenvalue weighted by Crippen LogP contribution is -2.39. The molecule has 1 aromatic heterocycles. The number of cyclic esters (lactones) is 1. The van der Waals surface area contributed by atoms with Crippen LogP contribution in [-0.4, -0.2) is 69.5 Å². The molecule has 69 heavy (non-hydrogen) atoms. The number of nitrogens with one attached hydrogen (secondary N) is 2. The van der Waals surface area contributed by atoms with Crippen LogP contribution in [0.1, 0.15) is 140 Å². The highest BCUT2D eigenvalue weighted by Crippen LogP contribution is 2.55. The minimum absolute atomic E-state index is 0.123. The van der Waals surface area contributed by atoms with Crippen LogP contribution in [0.2, 0.25) is 0 Å². The summed E-state index contributed by atoms with van der Waals surface area (Å²) < 4.78 is 74.7. The third-order valence-corrected chi connectivity index (χ3v) is 15.1. The molecule has 4 fully saturated rings. The van der Waals surface area contributed by atoms with E-state index in [0.29, 0.717) is 40.1 Å². The van der Waals surface area contributed by atoms with Gasteiger partial charge < -0.3 is 48.7 Å². The van der Waals surface area contributed by atoms with Crippen LogP contribution in [0.25, 0.3) is 0 Å². The topological polar surface area (TPSA) is 160 Å². The van der Waals surface area contributed by atoms with Crippen LogP contribution in [0.3, 0.4) is 0 Å². The first-order valence-electron chi connectivity index (χ1n) is 24.6. The number of halogens is 3. The number of alkyl halides is 3. The first kappa shape index (κ1) is 49.9. The molecule has 3 aliphatic heterocycles. The molecule has 3 aliphatic carbocycles. The monoisotopic (exact) mass is 961 g/mol. The molecule has 3 N–H and O–H groups in total. The average Bonchev–Trinajstić information content (AvgIpc) is 4.13. The van der Waals surface area contributed by atoms with Gasteiger partial charge in [0.2, 0.25) is 12.5 Å². The zero-order valence-corrected chi connectivity index (χ0v) is 40.0. The smallest absolute Gasteiger partial charge is 0.416 e. The predicted molar refractivity (Wildman–Crippen MR) is 251 cm³/mol. The molecule has 2 saturated carbocycles. The number of hydrogen-bond acceptors (Lipinski definition) is 12. The number of esters is 1. The maximum absolute atomic E-state index is 12.7. The molecular weight excluding hydrogens is 896 g/mol. The highest BCUT2D eigenvalue weighted by atomic mass is 19.4. The number of carbonyl (C=O) groups excluding carboxylic acids is 2. The molecule has 10 rings (SSSR count). The van der Waals surface area contributed by atoms with Crippen molar-refractivity contribution in [3.63, 3.8) is 0 Å². The lowest BCUT2D eigenvalue weighted by atomic mass is 9.66. The summed E-state index contributed by atoms with van der Waals surface area (Å²) >= 11 is 0. The van der Waals surface area contributed by atoms with Crippen molar-refractivity contribution >= 4 is 17.6 Å². The number of aliphatic hydroxyl groups excluding tert-OH is 1. The first-order valence-corrected chi connectivity index (χ1v) is 24.6. The number of carbonyl (C=O) groups is 2. The van der Waals surface area contributed by atoms with E-state index < -0.39 is 29.7 Å². The maximum Gasteiger partial charge on any atom is 0.416 e. The number of piperidine rings is 1. The van der Waals surface area contributed by atoms with Gasteiger partial charge in [0.05, 0.1) is 51.7 Å². The number of aliphatic hydroxyl groups is 1. The fraction of sp³-hybridized carbons (Fsp3) is 0.566. The van der Waals surface area contributed by atoms with E-state index in [1.54, 1.807) is 52.9 Å². The summed E-state index contributed by atoms with van der Waals surface area (Å²) in [7, 11) is 4.63. The second-order valence-corrected chi connectivity index (χ2v) is 19.2. The summed E-state index contributed by atoms with van der Waals surface area (Å²) in [5.41, 5.74) is 2.02. The third-order valence-electron chi connectivity index (χ3n) is 15.1. The van der Waals surface area contributed by atoms with Crippen molar-refractivity contribution in [2.24, 2.45) is 29.6 Å². The predicted octanol–water partition coefficient (Wildman–Crippen LogP) is 11.0. The lowest BCUT2D eigenvalue weighted by molar-refractivity contribution is -0.142. The Kier molecular flexibility index (Phi) is 16.3. The number of ether oxygens (including phenoxy) is 6. The Labute approximate surface area is 402 Å². The van der Waals surface area contributed by atoms with Gasteiger partial charge >= 0.3 is 12.1 Å². The lowest BCUT2D eigenvalue weighted by Gasteiger charge is -2.40. The van der Waals surface area contributed by atoms with Crippen LogP contribution in [0.5, 0.6) is 28.7 Å². The van der Waals surface area contributed by atoms with Gasteiger partial charge in [0.15, 0.2) is 23.0 Å². The fourth-order valence-corrected chi connectivity index (χ4v) is 11.6. The summed E-state index contributed by atoms with van der Waals surface area (Å²) in [6.07, 6.45) is 17.1. The Morgan fingerprint density at radius 2 is 1.43 bits per heavy atom. The van der Waals surface area contributed by atoms with Gasteiger partial charge in [-0.2, -0.15) is 13.2 Å². The number of fused-ring (bicyclic) bond motifs is 3. The highest BCUT2D eigenvalue weighted by molar-refractivity contribution is 6.04. The highest BCUT2D eigenvalue weighted by Gasteiger charge is 2.52. The number of benzene rings is 3. The molecule has 4 heterocycles. The minimum Gasteiger partial charge on any atom is -0.493 e. The van der Waals surface area contributed by atoms with E-state index >= 15 is 0 Å². The van der Waals surface area contributed by atoms with Crippen molar-refractivity contribution in [2.45, 2.75) is 121 Å². The SMILES string of the molecule is C1CCC(C(CC2CCCCN2)C2CCCCC2)CC1.COc1cc([C@@H]2c3cc4c(cc3[C@H](O)[C@H]3COC(=O)[C@H]23)OCO4)cc(OC)c1OC.Cc1oncc1C(=O)Nc1ccc(C(F)(F)F)cc1. The van der Waals surface area contributed by atoms with Crippen LogP contribution in [0.15, 0.2) is 59.3 Å². The van der Waals surface area contributed by atoms with Crippen molar-refractivity contribution in [1.82, 2.24) is 10.5 Å². The van der Waals surface area contributed by atoms with Crippen molar-refractivity contribution in [2.75, 3.05) is 46.6 Å². The van der Waals surface area contributed by atoms with Gasteiger partial charge in [0.1, 0.15) is 11.3 Å². The molecule has 0 spiro atoms. The van der Waals surface area contributed by atoms with Crippen LogP contribution < -0.4 is 34.3 Å². The molecule has 0 radical (unpaired) electrons. The normalized spacial score (nSPS) is 23.3. The van der Waals surface area contributed by atoms with Crippen molar-refractivity contribution < 1.29 is 60.8 Å². The van der Waals surface area contributed by atoms with Gasteiger partial charge in [-0.05, 0) is 116 Å². The number of anilines is 1. The van der Waals surface area contributed by atoms with Gasteiger partial charge in [-0.15, -0.1) is 0 Å². The van der Waals surface area contributed by atoms with Crippen LogP contribution in [0.4, 0.5) is 18.9 Å². The molecule has 4 aromatic rings. The second kappa shape index (κ2) is 22.5. The molecule has 5 atom stereocenters. The number of amides is 1. The van der Waals surface area contributed by atoms with Crippen LogP contribution >= 0.6 is 0 Å². The zero-order valence-electron chi connectivity index (χ0n) is 40.0. The van der Waals surface area contributed by atoms with Crippen molar-refractivity contribution in [3.8, 4) is 28.7 Å². The molecule has 0 bridgehead atoms. The Bertz CT molecular complexity index is 2310. The van der Waals surface area contributed by atoms with E-state index in [1.807, 2.05) is 18.2 Å². The standard InChI is InChI=1S/C22H22O8.C19H35N.C12H9F3N2O2/c1-25-16-4-10(5-17(26-2)21(16)27-3)18-11-6-14-15(30-9-29-14)7-12(11)20(23)13-8-28-22(24)19(13)18;1-3-9-16(10-4-1)19(17-11-5-2-6-12-17)15-18-13-7-8-14-20-18;1-7-10(6-16-19-7)11(18)17-9-4-2-8(3-5-9)12(13,14)15/h4-7,13,18-20,23H,8-9H2,1-3H3;16-20H,1-15H2;2-6H,1H3,(H,17,18)/t13-,18+,19-,20-;;/m0../s1. The number of aromatic nitrogens is 1. The molecule has 6 aliphatic rings. The Morgan fingerprint density at radius 3 is 1.97 bits per heavy atom. The van der Waals surface area contributed by atoms with Crippen molar-refractivity contribution in [1.29, 1.82) is 0 Å². The number of rotatable bonds is 10. The second-order valence-electron chi connectivity index (χ2n) is 19.2. The van der Waals surface area contributed by atoms with Gasteiger partial charge in [0, 0.05) is 23.6 Å². The molecule has 2 saturated heterocycles.